The van der Waals surface area contributed by atoms with Crippen LogP contribution in [0.1, 0.15) is 0 Å². The van der Waals surface area contributed by atoms with Crippen LogP contribution in [0.3, 0.4) is 0 Å². The van der Waals surface area contributed by atoms with Gasteiger partial charge in [0, 0.05) is 0 Å². The van der Waals surface area contributed by atoms with Crippen LogP contribution in [0.25, 0.3) is 0 Å². The Labute approximate surface area is 184 Å². The maximum absolute atomic E-state index is 8.55. The fourth-order valence-electron chi connectivity index (χ4n) is 0. The van der Waals surface area contributed by atoms with Crippen molar-refractivity contribution < 1.29 is 48.8 Å². The summed E-state index contributed by atoms with van der Waals surface area (Å²) >= 11 is 0. The Kier molecular flexibility index (Phi) is 41.7. The topological polar surface area (TPSA) is 236 Å². The van der Waals surface area contributed by atoms with Crippen molar-refractivity contribution in [3.63, 3.8) is 0 Å². The molecule has 0 aliphatic heterocycles. The van der Waals surface area contributed by atoms with Crippen LogP contribution in [0.5, 0.6) is 0 Å². The first-order valence-corrected chi connectivity index (χ1v) is 4.95. The molecule has 1 N–H and O–H groups in total. The van der Waals surface area contributed by atoms with Gasteiger partial charge in [0.1, 0.15) is 0 Å². The summed E-state index contributed by atoms with van der Waals surface area (Å²) in [5.74, 6) is 0. The molecular weight excluding hydrogens is 372 g/mol. The molecule has 0 aliphatic carbocycles. The molecule has 0 spiro atoms. The zero-order valence-corrected chi connectivity index (χ0v) is 16.4. The van der Waals surface area contributed by atoms with E-state index in [0.717, 1.165) is 0 Å². The second-order valence-corrected chi connectivity index (χ2v) is 2.92. The van der Waals surface area contributed by atoms with Crippen molar-refractivity contribution in [2.45, 2.75) is 0 Å². The van der Waals surface area contributed by atoms with Gasteiger partial charge in [0.05, 0.1) is 0 Å². The van der Waals surface area contributed by atoms with Crippen molar-refractivity contribution in [1.29, 1.82) is 0 Å². The number of phosphoric acid groups is 2. The normalized spacial score (nSPS) is 8.35. The van der Waals surface area contributed by atoms with E-state index in [0.29, 0.717) is 0 Å². The van der Waals surface area contributed by atoms with E-state index in [1.54, 1.807) is 0 Å². The predicted molar refractivity (Wildman–Crippen MR) is 41.3 cm³/mol. The fourth-order valence-corrected chi connectivity index (χ4v) is 0. The van der Waals surface area contributed by atoms with Gasteiger partial charge < -0.3 is 43.7 Å². The van der Waals surface area contributed by atoms with Crippen LogP contribution in [0, 0.1) is 10.1 Å². The Balaban J connectivity index is -0.0000000247. The molecule has 0 aliphatic rings. The summed E-state index contributed by atoms with van der Waals surface area (Å²) in [5.41, 5.74) is 0. The molecule has 0 unspecified atom stereocenters. The van der Waals surface area contributed by atoms with Gasteiger partial charge in [0.15, 0.2) is 0 Å². The van der Waals surface area contributed by atoms with Crippen LogP contribution in [0.4, 0.5) is 0 Å². The minimum absolute atomic E-state index is 0. The van der Waals surface area contributed by atoms with Crippen molar-refractivity contribution in [3.8, 4) is 0 Å². The van der Waals surface area contributed by atoms with Gasteiger partial charge in [0.2, 0.25) is 0 Å². The van der Waals surface area contributed by atoms with Crippen LogP contribution in [0.15, 0.2) is 0 Å². The maximum Gasteiger partial charge on any atom is 2.00 e. The van der Waals surface area contributed by atoms with E-state index in [-0.39, 0.29) is 113 Å². The molecular formula is HCa3NO11P2. The van der Waals surface area contributed by atoms with Gasteiger partial charge in [-0.3, -0.25) is 0 Å². The Bertz CT molecular complexity index is 201. The van der Waals surface area contributed by atoms with Gasteiger partial charge in [-0.2, -0.15) is 15.6 Å². The summed E-state index contributed by atoms with van der Waals surface area (Å²) < 4.78 is 17.1. The van der Waals surface area contributed by atoms with E-state index >= 15 is 0 Å². The molecule has 0 rings (SSSR count). The van der Waals surface area contributed by atoms with E-state index in [1.165, 1.54) is 0 Å². The van der Waals surface area contributed by atoms with E-state index in [2.05, 4.69) is 0 Å². The van der Waals surface area contributed by atoms with Gasteiger partial charge >= 0.3 is 113 Å². The van der Waals surface area contributed by atoms with Crippen LogP contribution >= 0.6 is 15.6 Å². The Hall–Kier alpha value is 3.20. The summed E-state index contributed by atoms with van der Waals surface area (Å²) in [6.07, 6.45) is 0. The second-order valence-electron chi connectivity index (χ2n) is 1.13. The molecule has 0 aromatic rings. The van der Waals surface area contributed by atoms with Crippen LogP contribution in [-0.2, 0) is 9.13 Å². The average Bonchev–Trinajstić information content (AvgIpc) is 1.45. The number of hydrogen-bond donors (Lipinski definition) is 1. The smallest absolute Gasteiger partial charge is 0.822 e. The first-order chi connectivity index (χ1) is 5.73. The summed E-state index contributed by atoms with van der Waals surface area (Å²) in [6, 6.07) is 0. The minimum atomic E-state index is -5.39. The van der Waals surface area contributed by atoms with Crippen molar-refractivity contribution in [3.05, 3.63) is 10.1 Å². The third-order valence-electron chi connectivity index (χ3n) is 0. The Morgan fingerprint density at radius 3 is 0.765 bits per heavy atom. The van der Waals surface area contributed by atoms with Crippen LogP contribution in [-0.4, -0.2) is 124 Å². The van der Waals surface area contributed by atoms with E-state index in [4.69, 9.17) is 53.8 Å². The summed E-state index contributed by atoms with van der Waals surface area (Å²) in [6.45, 7) is 0. The summed E-state index contributed by atoms with van der Waals surface area (Å²) in [5, 5.41) is 13.6. The molecule has 0 saturated heterocycles. The van der Waals surface area contributed by atoms with Crippen molar-refractivity contribution >= 4 is 129 Å². The minimum Gasteiger partial charge on any atom is -0.822 e. The van der Waals surface area contributed by atoms with Crippen LogP contribution in [0.2, 0.25) is 0 Å². The molecule has 17 heavy (non-hydrogen) atoms. The zero-order chi connectivity index (χ0) is 12.6. The second kappa shape index (κ2) is 19.2. The number of rotatable bonds is 0. The third kappa shape index (κ3) is 555. The van der Waals surface area contributed by atoms with Gasteiger partial charge in [-0.25, -0.2) is 0 Å². The molecule has 0 amide bonds. The molecule has 0 aromatic carbocycles. The van der Waals surface area contributed by atoms with Gasteiger partial charge in [0.25, 0.3) is 5.09 Å². The van der Waals surface area contributed by atoms with Crippen molar-refractivity contribution in [1.82, 2.24) is 0 Å². The molecule has 0 aromatic heterocycles. The van der Waals surface area contributed by atoms with Crippen LogP contribution < -0.4 is 29.4 Å². The fraction of sp³-hybridized carbons (Fsp3) is 0. The quantitative estimate of drug-likeness (QED) is 0.181. The summed E-state index contributed by atoms with van der Waals surface area (Å²) in [7, 11) is -10.8. The Morgan fingerprint density at radius 2 is 0.765 bits per heavy atom. The SMILES string of the molecule is O=P([O-])([O-])[O-].O=P([O-])([O-])[O-].O=[N+]([O-])O.[Ca+2].[Ca+2].[Ca+2]. The summed E-state index contributed by atoms with van der Waals surface area (Å²) in [4.78, 5) is 59.7. The number of nitrogens with zero attached hydrogens (tertiary/aromatic N) is 1. The van der Waals surface area contributed by atoms with Crippen molar-refractivity contribution in [2.24, 2.45) is 0 Å². The van der Waals surface area contributed by atoms with Crippen molar-refractivity contribution in [2.75, 3.05) is 0 Å². The molecule has 17 heteroatoms. The third-order valence-corrected chi connectivity index (χ3v) is 0. The molecule has 88 valence electrons. The number of hydrogen-bond acceptors (Lipinski definition) is 10. The molecule has 0 heterocycles. The Morgan fingerprint density at radius 1 is 0.765 bits per heavy atom. The van der Waals surface area contributed by atoms with E-state index in [9.17, 15) is 0 Å². The molecule has 0 atom stereocenters. The molecule has 12 nitrogen and oxygen atoms in total. The monoisotopic (exact) mass is 373 g/mol. The molecule has 0 saturated carbocycles. The first-order valence-electron chi connectivity index (χ1n) is 2.03. The zero-order valence-electron chi connectivity index (χ0n) is 7.99. The average molecular weight is 373 g/mol. The molecule has 0 bridgehead atoms. The van der Waals surface area contributed by atoms with Gasteiger partial charge in [-0.1, -0.05) is 0 Å². The van der Waals surface area contributed by atoms with Gasteiger partial charge in [-0.15, -0.1) is 10.1 Å². The molecule has 0 radical (unpaired) electrons. The standard InChI is InChI=1S/3Ca.HNO3.2H3O4P/c;;;2-1(3)4;2*1-5(2,3)4/h;;;(H,2,3,4);2*(H3,1,2,3,4)/q3*+2;;;/p-6. The van der Waals surface area contributed by atoms with Gasteiger partial charge in [-0.05, 0) is 0 Å². The van der Waals surface area contributed by atoms with E-state index < -0.39 is 20.7 Å². The molecule has 0 fully saturated rings. The predicted octanol–water partition coefficient (Wildman–Crippen LogP) is -7.14. The van der Waals surface area contributed by atoms with E-state index in [1.807, 2.05) is 0 Å². The maximum atomic E-state index is 8.55. The first kappa shape index (κ1) is 36.9. The largest absolute Gasteiger partial charge is 2.00 e.